The smallest absolute Gasteiger partial charge is 0.242 e. The Morgan fingerprint density at radius 2 is 2.07 bits per heavy atom. The lowest BCUT2D eigenvalue weighted by atomic mass is 10.3. The molecule has 1 heterocycles. The highest BCUT2D eigenvalue weighted by molar-refractivity contribution is 14.1. The van der Waals surface area contributed by atoms with Crippen molar-refractivity contribution in [2.24, 2.45) is 5.14 Å². The predicted molar refractivity (Wildman–Crippen MR) is 53.3 cm³/mol. The standard InChI is InChI=1S/C6H5F2IN2O2S/c7-5(8)3-1-2-11-6(4(3)9)14(10,12)13/h1-2,5H,(H2,10,12,13). The van der Waals surface area contributed by atoms with Gasteiger partial charge in [-0.15, -0.1) is 0 Å². The molecule has 1 aromatic rings. The molecule has 0 atom stereocenters. The summed E-state index contributed by atoms with van der Waals surface area (Å²) >= 11 is 1.48. The predicted octanol–water partition coefficient (Wildman–Crippen LogP) is 1.27. The number of nitrogens with two attached hydrogens (primary N) is 1. The molecule has 0 fully saturated rings. The van der Waals surface area contributed by atoms with E-state index in [4.69, 9.17) is 5.14 Å². The van der Waals surface area contributed by atoms with Crippen LogP contribution < -0.4 is 5.14 Å². The Balaban J connectivity index is 3.43. The Kier molecular flexibility index (Phi) is 3.37. The van der Waals surface area contributed by atoms with E-state index in [0.717, 1.165) is 12.3 Å². The number of hydrogen-bond donors (Lipinski definition) is 1. The van der Waals surface area contributed by atoms with Crippen molar-refractivity contribution in [2.45, 2.75) is 11.5 Å². The molecule has 0 bridgehead atoms. The first-order chi connectivity index (χ1) is 6.34. The van der Waals surface area contributed by atoms with Gasteiger partial charge < -0.3 is 0 Å². The number of nitrogens with zero attached hydrogens (tertiary/aromatic N) is 1. The van der Waals surface area contributed by atoms with Crippen LogP contribution in [0, 0.1) is 3.57 Å². The maximum atomic E-state index is 12.3. The summed E-state index contributed by atoms with van der Waals surface area (Å²) in [5.41, 5.74) is -0.385. The van der Waals surface area contributed by atoms with Gasteiger partial charge in [0.25, 0.3) is 16.4 Å². The highest BCUT2D eigenvalue weighted by atomic mass is 127. The molecule has 0 saturated carbocycles. The fourth-order valence-electron chi connectivity index (χ4n) is 0.805. The first-order valence-electron chi connectivity index (χ1n) is 3.29. The number of sulfonamides is 1. The molecule has 0 unspecified atom stereocenters. The number of aromatic nitrogens is 1. The molecule has 0 aromatic carbocycles. The first kappa shape index (κ1) is 11.7. The molecular weight excluding hydrogens is 329 g/mol. The van der Waals surface area contributed by atoms with Crippen molar-refractivity contribution in [3.8, 4) is 0 Å². The molecule has 0 aliphatic carbocycles. The summed E-state index contributed by atoms with van der Waals surface area (Å²) in [4.78, 5) is 3.44. The van der Waals surface area contributed by atoms with Gasteiger partial charge in [0.15, 0.2) is 5.03 Å². The molecule has 1 rings (SSSR count). The van der Waals surface area contributed by atoms with Gasteiger partial charge in [0.05, 0.1) is 3.57 Å². The Bertz CT molecular complexity index is 449. The lowest BCUT2D eigenvalue weighted by Crippen LogP contribution is -2.16. The van der Waals surface area contributed by atoms with Gasteiger partial charge in [-0.25, -0.2) is 27.3 Å². The van der Waals surface area contributed by atoms with Crippen LogP contribution in [0.15, 0.2) is 17.3 Å². The Morgan fingerprint density at radius 1 is 1.50 bits per heavy atom. The summed E-state index contributed by atoms with van der Waals surface area (Å²) in [5.74, 6) is 0. The van der Waals surface area contributed by atoms with E-state index in [-0.39, 0.29) is 9.13 Å². The molecule has 0 saturated heterocycles. The number of rotatable bonds is 2. The molecule has 0 aliphatic rings. The van der Waals surface area contributed by atoms with Crippen LogP contribution in [-0.4, -0.2) is 13.4 Å². The topological polar surface area (TPSA) is 73.1 Å². The minimum atomic E-state index is -4.04. The van der Waals surface area contributed by atoms with E-state index in [1.807, 2.05) is 0 Å². The highest BCUT2D eigenvalue weighted by Gasteiger charge is 2.20. The van der Waals surface area contributed by atoms with Crippen molar-refractivity contribution in [3.05, 3.63) is 21.4 Å². The van der Waals surface area contributed by atoms with E-state index >= 15 is 0 Å². The van der Waals surface area contributed by atoms with Crippen molar-refractivity contribution < 1.29 is 17.2 Å². The fraction of sp³-hybridized carbons (Fsp3) is 0.167. The third kappa shape index (κ3) is 2.36. The highest BCUT2D eigenvalue weighted by Crippen LogP contribution is 2.26. The van der Waals surface area contributed by atoms with E-state index in [1.54, 1.807) is 0 Å². The van der Waals surface area contributed by atoms with Crippen LogP contribution in [0.25, 0.3) is 0 Å². The number of primary sulfonamides is 1. The van der Waals surface area contributed by atoms with Gasteiger partial charge >= 0.3 is 0 Å². The zero-order chi connectivity index (χ0) is 10.9. The number of halogens is 3. The Morgan fingerprint density at radius 3 is 2.50 bits per heavy atom. The third-order valence-corrected chi connectivity index (χ3v) is 3.74. The molecule has 14 heavy (non-hydrogen) atoms. The van der Waals surface area contributed by atoms with Gasteiger partial charge in [-0.05, 0) is 28.7 Å². The van der Waals surface area contributed by atoms with Gasteiger partial charge in [0.2, 0.25) is 0 Å². The summed E-state index contributed by atoms with van der Waals surface area (Å²) in [5, 5.41) is 4.27. The number of pyridine rings is 1. The second-order valence-electron chi connectivity index (χ2n) is 2.37. The minimum Gasteiger partial charge on any atom is -0.242 e. The molecule has 2 N–H and O–H groups in total. The normalized spacial score (nSPS) is 12.1. The van der Waals surface area contributed by atoms with Crippen molar-refractivity contribution in [2.75, 3.05) is 0 Å². The van der Waals surface area contributed by atoms with Gasteiger partial charge in [-0.2, -0.15) is 0 Å². The van der Waals surface area contributed by atoms with Gasteiger partial charge in [0, 0.05) is 11.8 Å². The van der Waals surface area contributed by atoms with E-state index in [1.165, 1.54) is 22.6 Å². The summed E-state index contributed by atoms with van der Waals surface area (Å²) in [6, 6.07) is 1.06. The zero-order valence-electron chi connectivity index (χ0n) is 6.62. The molecule has 4 nitrogen and oxygen atoms in total. The van der Waals surface area contributed by atoms with Gasteiger partial charge in [-0.1, -0.05) is 0 Å². The molecule has 8 heteroatoms. The van der Waals surface area contributed by atoms with E-state index in [0.29, 0.717) is 0 Å². The maximum Gasteiger partial charge on any atom is 0.265 e. The molecule has 78 valence electrons. The molecule has 0 amide bonds. The number of hydrogen-bond acceptors (Lipinski definition) is 3. The first-order valence-corrected chi connectivity index (χ1v) is 5.92. The van der Waals surface area contributed by atoms with Crippen LogP contribution in [-0.2, 0) is 10.0 Å². The van der Waals surface area contributed by atoms with Crippen LogP contribution in [0.4, 0.5) is 8.78 Å². The van der Waals surface area contributed by atoms with Gasteiger partial charge in [0.1, 0.15) is 0 Å². The van der Waals surface area contributed by atoms with E-state index in [9.17, 15) is 17.2 Å². The monoisotopic (exact) mass is 334 g/mol. The van der Waals surface area contributed by atoms with Crippen molar-refractivity contribution in [1.82, 2.24) is 4.98 Å². The van der Waals surface area contributed by atoms with Gasteiger partial charge in [-0.3, -0.25) is 0 Å². The third-order valence-electron chi connectivity index (χ3n) is 1.39. The number of alkyl halides is 2. The molecule has 0 spiro atoms. The van der Waals surface area contributed by atoms with Crippen LogP contribution in [0.2, 0.25) is 0 Å². The molecule has 0 aliphatic heterocycles. The Hall–Kier alpha value is -0.350. The molecule has 0 radical (unpaired) electrons. The average molecular weight is 334 g/mol. The quantitative estimate of drug-likeness (QED) is 0.828. The second kappa shape index (κ2) is 4.03. The van der Waals surface area contributed by atoms with Crippen molar-refractivity contribution >= 4 is 32.6 Å². The minimum absolute atomic E-state index is 0.136. The summed E-state index contributed by atoms with van der Waals surface area (Å²) < 4.78 is 46.3. The maximum absolute atomic E-state index is 12.3. The van der Waals surface area contributed by atoms with Crippen LogP contribution >= 0.6 is 22.6 Å². The van der Waals surface area contributed by atoms with E-state index in [2.05, 4.69) is 4.98 Å². The zero-order valence-corrected chi connectivity index (χ0v) is 9.59. The summed E-state index contributed by atoms with van der Waals surface area (Å²) in [6.07, 6.45) is -1.76. The Labute approximate surface area is 92.7 Å². The summed E-state index contributed by atoms with van der Waals surface area (Å²) in [6.45, 7) is 0. The summed E-state index contributed by atoms with van der Waals surface area (Å²) in [7, 11) is -4.04. The van der Waals surface area contributed by atoms with Crippen molar-refractivity contribution in [3.63, 3.8) is 0 Å². The lowest BCUT2D eigenvalue weighted by Gasteiger charge is -2.05. The van der Waals surface area contributed by atoms with Crippen LogP contribution in [0.5, 0.6) is 0 Å². The SMILES string of the molecule is NS(=O)(=O)c1nccc(C(F)F)c1I. The van der Waals surface area contributed by atoms with Crippen LogP contribution in [0.3, 0.4) is 0 Å². The molecular formula is C6H5F2IN2O2S. The largest absolute Gasteiger partial charge is 0.265 e. The lowest BCUT2D eigenvalue weighted by molar-refractivity contribution is 0.150. The van der Waals surface area contributed by atoms with E-state index < -0.39 is 21.5 Å². The van der Waals surface area contributed by atoms with Crippen LogP contribution in [0.1, 0.15) is 12.0 Å². The second-order valence-corrected chi connectivity index (χ2v) is 4.92. The van der Waals surface area contributed by atoms with Crippen molar-refractivity contribution in [1.29, 1.82) is 0 Å². The average Bonchev–Trinajstić information content (AvgIpc) is 2.01. The molecule has 1 aromatic heterocycles. The fourth-order valence-corrected chi connectivity index (χ4v) is 2.86.